The smallest absolute Gasteiger partial charge is 0.164 e. The molecule has 0 fully saturated rings. The Labute approximate surface area is 372 Å². The van der Waals surface area contributed by atoms with Crippen LogP contribution < -0.4 is 0 Å². The van der Waals surface area contributed by atoms with Gasteiger partial charge in [0, 0.05) is 38.6 Å². The predicted octanol–water partition coefficient (Wildman–Crippen LogP) is 15.3. The molecule has 302 valence electrons. The molecule has 2 heterocycles. The Hall–Kier alpha value is -8.21. The Balaban J connectivity index is 1.02. The molecule has 0 N–H and O–H groups in total. The first-order valence-electron chi connectivity index (χ1n) is 21.9. The number of rotatable bonds is 7. The van der Waals surface area contributed by atoms with Crippen molar-refractivity contribution in [3.63, 3.8) is 0 Å². The molecule has 0 amide bonds. The molecule has 0 unspecified atom stereocenters. The highest BCUT2D eigenvalue weighted by Crippen LogP contribution is 2.50. The minimum Gasteiger partial charge on any atom is -0.309 e. The number of hydrogen-bond donors (Lipinski definition) is 0. The summed E-state index contributed by atoms with van der Waals surface area (Å²) in [6.45, 7) is 4.67. The van der Waals surface area contributed by atoms with Crippen LogP contribution in [0.15, 0.2) is 218 Å². The van der Waals surface area contributed by atoms with Crippen molar-refractivity contribution in [3.8, 4) is 84.4 Å². The maximum atomic E-state index is 5.22. The standard InChI is InChI=1S/C60H42N4/c1-60(2)53-21-13-12-20-49(53)50-36-45(30-33-54(50)60)46-31-34-55-51(37-46)52-38-47(32-35-56(52)64(55)48-18-10-5-11-19-48)59-62-57(43-26-22-41(23-27-43)39-14-6-3-7-15-39)61-58(63-59)44-28-24-42(25-29-44)40-16-8-4-9-17-40/h3-38H,1-2H3. The molecule has 11 aromatic rings. The van der Waals surface area contributed by atoms with E-state index in [1.165, 1.54) is 49.9 Å². The molecule has 0 saturated heterocycles. The van der Waals surface area contributed by atoms with Gasteiger partial charge in [-0.25, -0.2) is 15.0 Å². The third kappa shape index (κ3) is 6.34. The molecular weight excluding hydrogens is 777 g/mol. The number of hydrogen-bond acceptors (Lipinski definition) is 3. The van der Waals surface area contributed by atoms with Gasteiger partial charge >= 0.3 is 0 Å². The van der Waals surface area contributed by atoms with E-state index >= 15 is 0 Å². The van der Waals surface area contributed by atoms with Gasteiger partial charge in [-0.3, -0.25) is 0 Å². The molecule has 1 aliphatic rings. The second-order valence-corrected chi connectivity index (χ2v) is 17.3. The summed E-state index contributed by atoms with van der Waals surface area (Å²) in [7, 11) is 0. The highest BCUT2D eigenvalue weighted by molar-refractivity contribution is 6.11. The molecule has 12 rings (SSSR count). The number of aromatic nitrogens is 4. The third-order valence-corrected chi connectivity index (χ3v) is 13.1. The van der Waals surface area contributed by atoms with Gasteiger partial charge in [-0.1, -0.05) is 184 Å². The van der Waals surface area contributed by atoms with Gasteiger partial charge in [0.05, 0.1) is 11.0 Å². The second kappa shape index (κ2) is 15.0. The molecule has 2 aromatic heterocycles. The Morgan fingerprint density at radius 2 is 0.703 bits per heavy atom. The summed E-state index contributed by atoms with van der Waals surface area (Å²) in [5, 5.41) is 2.30. The van der Waals surface area contributed by atoms with Crippen LogP contribution >= 0.6 is 0 Å². The molecule has 0 saturated carbocycles. The fourth-order valence-corrected chi connectivity index (χ4v) is 9.74. The minimum absolute atomic E-state index is 0.0418. The molecule has 0 atom stereocenters. The maximum absolute atomic E-state index is 5.22. The van der Waals surface area contributed by atoms with Gasteiger partial charge in [0.15, 0.2) is 17.5 Å². The van der Waals surface area contributed by atoms with E-state index in [0.29, 0.717) is 17.5 Å². The van der Waals surface area contributed by atoms with Crippen molar-refractivity contribution < 1.29 is 0 Å². The first-order chi connectivity index (χ1) is 31.5. The largest absolute Gasteiger partial charge is 0.309 e. The molecule has 0 radical (unpaired) electrons. The van der Waals surface area contributed by atoms with Crippen LogP contribution in [0.5, 0.6) is 0 Å². The summed E-state index contributed by atoms with van der Waals surface area (Å²) < 4.78 is 2.37. The molecule has 0 spiro atoms. The summed E-state index contributed by atoms with van der Waals surface area (Å²) in [5.41, 5.74) is 18.5. The second-order valence-electron chi connectivity index (χ2n) is 17.3. The average molecular weight is 819 g/mol. The van der Waals surface area contributed by atoms with Crippen LogP contribution in [-0.4, -0.2) is 19.5 Å². The third-order valence-electron chi connectivity index (χ3n) is 13.1. The zero-order chi connectivity index (χ0) is 42.8. The maximum Gasteiger partial charge on any atom is 0.164 e. The Bertz CT molecular complexity index is 3430. The summed E-state index contributed by atoms with van der Waals surface area (Å²) in [4.78, 5) is 15.6. The lowest BCUT2D eigenvalue weighted by molar-refractivity contribution is 0.660. The van der Waals surface area contributed by atoms with Crippen LogP contribution in [0.25, 0.3) is 106 Å². The first kappa shape index (κ1) is 37.5. The molecule has 1 aliphatic carbocycles. The zero-order valence-electron chi connectivity index (χ0n) is 35.6. The van der Waals surface area contributed by atoms with Crippen LogP contribution in [0.4, 0.5) is 0 Å². The van der Waals surface area contributed by atoms with Crippen molar-refractivity contribution in [1.29, 1.82) is 0 Å². The lowest BCUT2D eigenvalue weighted by Gasteiger charge is -2.21. The molecule has 4 nitrogen and oxygen atoms in total. The van der Waals surface area contributed by atoms with E-state index in [0.717, 1.165) is 49.9 Å². The fourth-order valence-electron chi connectivity index (χ4n) is 9.74. The van der Waals surface area contributed by atoms with E-state index in [1.54, 1.807) is 0 Å². The van der Waals surface area contributed by atoms with Crippen molar-refractivity contribution >= 4 is 21.8 Å². The SMILES string of the molecule is CC1(C)c2ccccc2-c2cc(-c3ccc4c(c3)c3cc(-c5nc(-c6ccc(-c7ccccc7)cc6)nc(-c6ccc(-c7ccccc7)cc6)n5)ccc3n4-c3ccccc3)ccc21. The minimum atomic E-state index is -0.0418. The topological polar surface area (TPSA) is 43.6 Å². The van der Waals surface area contributed by atoms with E-state index < -0.39 is 0 Å². The lowest BCUT2D eigenvalue weighted by Crippen LogP contribution is -2.14. The highest BCUT2D eigenvalue weighted by atomic mass is 15.0. The summed E-state index contributed by atoms with van der Waals surface area (Å²) in [6, 6.07) is 78.0. The number of fused-ring (bicyclic) bond motifs is 6. The molecule has 64 heavy (non-hydrogen) atoms. The van der Waals surface area contributed by atoms with Crippen molar-refractivity contribution in [2.45, 2.75) is 19.3 Å². The highest BCUT2D eigenvalue weighted by Gasteiger charge is 2.35. The van der Waals surface area contributed by atoms with E-state index in [1.807, 2.05) is 12.1 Å². The molecule has 0 aliphatic heterocycles. The van der Waals surface area contributed by atoms with Crippen LogP contribution in [-0.2, 0) is 5.41 Å². The van der Waals surface area contributed by atoms with E-state index in [9.17, 15) is 0 Å². The van der Waals surface area contributed by atoms with E-state index in [-0.39, 0.29) is 5.41 Å². The summed E-state index contributed by atoms with van der Waals surface area (Å²) in [6.07, 6.45) is 0. The van der Waals surface area contributed by atoms with Crippen molar-refractivity contribution in [1.82, 2.24) is 19.5 Å². The van der Waals surface area contributed by atoms with Gasteiger partial charge in [-0.2, -0.15) is 0 Å². The Kier molecular flexibility index (Phi) is 8.80. The van der Waals surface area contributed by atoms with Crippen LogP contribution in [0.3, 0.4) is 0 Å². The van der Waals surface area contributed by atoms with Gasteiger partial charge < -0.3 is 4.57 Å². The van der Waals surface area contributed by atoms with Crippen molar-refractivity contribution in [2.75, 3.05) is 0 Å². The van der Waals surface area contributed by atoms with Crippen LogP contribution in [0, 0.1) is 0 Å². The van der Waals surface area contributed by atoms with Crippen molar-refractivity contribution in [2.24, 2.45) is 0 Å². The molecule has 9 aromatic carbocycles. The zero-order valence-corrected chi connectivity index (χ0v) is 35.6. The van der Waals surface area contributed by atoms with E-state index in [4.69, 9.17) is 15.0 Å². The van der Waals surface area contributed by atoms with Gasteiger partial charge in [0.1, 0.15) is 0 Å². The van der Waals surface area contributed by atoms with Crippen molar-refractivity contribution in [3.05, 3.63) is 230 Å². The van der Waals surface area contributed by atoms with Crippen LogP contribution in [0.1, 0.15) is 25.0 Å². The number of para-hydroxylation sites is 1. The number of benzene rings is 9. The first-order valence-corrected chi connectivity index (χ1v) is 21.9. The van der Waals surface area contributed by atoms with Gasteiger partial charge in [-0.15, -0.1) is 0 Å². The van der Waals surface area contributed by atoms with Gasteiger partial charge in [0.2, 0.25) is 0 Å². The number of nitrogens with zero attached hydrogens (tertiary/aromatic N) is 4. The normalized spacial score (nSPS) is 12.7. The summed E-state index contributed by atoms with van der Waals surface area (Å²) >= 11 is 0. The lowest BCUT2D eigenvalue weighted by atomic mass is 9.82. The summed E-state index contributed by atoms with van der Waals surface area (Å²) in [5.74, 6) is 1.88. The molecule has 0 bridgehead atoms. The predicted molar refractivity (Wildman–Crippen MR) is 264 cm³/mol. The molecule has 4 heteroatoms. The average Bonchev–Trinajstić information content (AvgIpc) is 3.81. The molecular formula is C60H42N4. The van der Waals surface area contributed by atoms with Crippen LogP contribution in [0.2, 0.25) is 0 Å². The Morgan fingerprint density at radius 3 is 1.28 bits per heavy atom. The quantitative estimate of drug-likeness (QED) is 0.161. The fraction of sp³-hybridized carbons (Fsp3) is 0.0500. The Morgan fingerprint density at radius 1 is 0.312 bits per heavy atom. The van der Waals surface area contributed by atoms with Gasteiger partial charge in [-0.05, 0) is 104 Å². The van der Waals surface area contributed by atoms with E-state index in [2.05, 4.69) is 225 Å². The monoisotopic (exact) mass is 818 g/mol. The van der Waals surface area contributed by atoms with Gasteiger partial charge in [0.25, 0.3) is 0 Å².